The smallest absolute Gasteiger partial charge is 0.232 e. The van der Waals surface area contributed by atoms with Gasteiger partial charge in [0.1, 0.15) is 5.82 Å². The zero-order chi connectivity index (χ0) is 21.0. The van der Waals surface area contributed by atoms with E-state index in [0.717, 1.165) is 21.3 Å². The molecule has 0 unspecified atom stereocenters. The highest BCUT2D eigenvalue weighted by atomic mass is 79.9. The number of carbonyl (C=O) groups is 2. The molecule has 3 rings (SSSR count). The fraction of sp³-hybridized carbons (Fsp3) is 0.238. The molecule has 1 aromatic heterocycles. The summed E-state index contributed by atoms with van der Waals surface area (Å²) in [5.74, 6) is 0.656. The summed E-state index contributed by atoms with van der Waals surface area (Å²) in [6, 6.07) is 13.1. The number of Topliss-reactive ketones (excluding diaryl/α,β-unsaturated/α-hetero) is 1. The second-order valence-corrected chi connectivity index (χ2v) is 8.58. The molecule has 0 saturated heterocycles. The third-order valence-corrected chi connectivity index (χ3v) is 5.95. The Morgan fingerprint density at radius 2 is 1.83 bits per heavy atom. The maximum Gasteiger partial charge on any atom is 0.232 e. The first-order chi connectivity index (χ1) is 13.8. The number of carbonyl (C=O) groups excluding carboxylic acids is 2. The van der Waals surface area contributed by atoms with Crippen LogP contribution in [0, 0.1) is 13.8 Å². The van der Waals surface area contributed by atoms with Gasteiger partial charge < -0.3 is 9.88 Å². The summed E-state index contributed by atoms with van der Waals surface area (Å²) in [7, 11) is 1.80. The minimum absolute atomic E-state index is 0.0136. The van der Waals surface area contributed by atoms with Crippen LogP contribution in [-0.2, 0) is 18.3 Å². The van der Waals surface area contributed by atoms with Crippen molar-refractivity contribution in [3.8, 4) is 0 Å². The number of ketones is 1. The van der Waals surface area contributed by atoms with Crippen LogP contribution in [0.3, 0.4) is 0 Å². The number of anilines is 1. The lowest BCUT2D eigenvalue weighted by Crippen LogP contribution is -2.17. The van der Waals surface area contributed by atoms with Gasteiger partial charge in [-0.1, -0.05) is 57.5 Å². The molecule has 1 amide bonds. The zero-order valence-corrected chi connectivity index (χ0v) is 18.8. The molecule has 0 atom stereocenters. The molecule has 0 fully saturated rings. The molecule has 1 N–H and O–H groups in total. The Labute approximate surface area is 182 Å². The van der Waals surface area contributed by atoms with Gasteiger partial charge in [-0.05, 0) is 37.6 Å². The van der Waals surface area contributed by atoms with Crippen molar-refractivity contribution in [2.45, 2.75) is 25.4 Å². The lowest BCUT2D eigenvalue weighted by Gasteiger charge is -2.09. The molecule has 0 aliphatic carbocycles. The average molecular weight is 473 g/mol. The topological polar surface area (TPSA) is 76.9 Å². The van der Waals surface area contributed by atoms with Gasteiger partial charge in [0.25, 0.3) is 0 Å². The number of hydrogen-bond donors (Lipinski definition) is 1. The fourth-order valence-electron chi connectivity index (χ4n) is 2.77. The highest BCUT2D eigenvalue weighted by molar-refractivity contribution is 9.10. The summed E-state index contributed by atoms with van der Waals surface area (Å²) in [5.41, 5.74) is 3.60. The van der Waals surface area contributed by atoms with Gasteiger partial charge in [-0.2, -0.15) is 0 Å². The maximum absolute atomic E-state index is 12.4. The number of aromatic nitrogens is 3. The summed E-state index contributed by atoms with van der Waals surface area (Å²) in [4.78, 5) is 24.7. The van der Waals surface area contributed by atoms with Gasteiger partial charge in [-0.25, -0.2) is 0 Å². The first-order valence-electron chi connectivity index (χ1n) is 9.00. The second-order valence-electron chi connectivity index (χ2n) is 6.72. The van der Waals surface area contributed by atoms with E-state index >= 15 is 0 Å². The SMILES string of the molecule is Cc1ccc(NC(=O)Cc2nnc(SCC(=O)c3ccc(Br)cc3)n2C)c(C)c1. The molecule has 150 valence electrons. The number of benzene rings is 2. The quantitative estimate of drug-likeness (QED) is 0.408. The number of nitrogens with one attached hydrogen (secondary N) is 1. The fourth-order valence-corrected chi connectivity index (χ4v) is 3.85. The number of amides is 1. The van der Waals surface area contributed by atoms with Gasteiger partial charge in [0, 0.05) is 22.8 Å². The van der Waals surface area contributed by atoms with E-state index in [1.54, 1.807) is 23.7 Å². The highest BCUT2D eigenvalue weighted by Crippen LogP contribution is 2.20. The third kappa shape index (κ3) is 5.55. The van der Waals surface area contributed by atoms with E-state index in [2.05, 4.69) is 31.4 Å². The first kappa shape index (κ1) is 21.3. The normalized spacial score (nSPS) is 10.8. The Hall–Kier alpha value is -2.45. The molecule has 0 bridgehead atoms. The summed E-state index contributed by atoms with van der Waals surface area (Å²) in [6.45, 7) is 3.97. The van der Waals surface area contributed by atoms with Crippen molar-refractivity contribution in [1.29, 1.82) is 0 Å². The molecule has 0 saturated carbocycles. The Morgan fingerprint density at radius 1 is 1.10 bits per heavy atom. The highest BCUT2D eigenvalue weighted by Gasteiger charge is 2.15. The average Bonchev–Trinajstić information content (AvgIpc) is 3.02. The molecular weight excluding hydrogens is 452 g/mol. The van der Waals surface area contributed by atoms with Gasteiger partial charge in [0.15, 0.2) is 10.9 Å². The van der Waals surface area contributed by atoms with Crippen molar-refractivity contribution in [3.63, 3.8) is 0 Å². The predicted molar refractivity (Wildman–Crippen MR) is 118 cm³/mol. The molecule has 1 heterocycles. The van der Waals surface area contributed by atoms with E-state index < -0.39 is 0 Å². The number of rotatable bonds is 7. The third-order valence-electron chi connectivity index (χ3n) is 4.40. The van der Waals surface area contributed by atoms with Crippen LogP contribution in [0.15, 0.2) is 52.1 Å². The van der Waals surface area contributed by atoms with Crippen molar-refractivity contribution in [3.05, 3.63) is 69.5 Å². The molecule has 0 aliphatic rings. The van der Waals surface area contributed by atoms with Crippen LogP contribution in [0.2, 0.25) is 0 Å². The van der Waals surface area contributed by atoms with E-state index in [4.69, 9.17) is 0 Å². The predicted octanol–water partition coefficient (Wildman–Crippen LogP) is 4.35. The summed E-state index contributed by atoms with van der Waals surface area (Å²) < 4.78 is 2.68. The van der Waals surface area contributed by atoms with Crippen LogP contribution in [0.25, 0.3) is 0 Å². The van der Waals surface area contributed by atoms with E-state index in [-0.39, 0.29) is 23.9 Å². The van der Waals surface area contributed by atoms with Gasteiger partial charge in [0.2, 0.25) is 5.91 Å². The molecule has 0 aliphatic heterocycles. The van der Waals surface area contributed by atoms with Crippen molar-refractivity contribution in [2.24, 2.45) is 7.05 Å². The minimum Gasteiger partial charge on any atom is -0.325 e. The lowest BCUT2D eigenvalue weighted by molar-refractivity contribution is -0.115. The monoisotopic (exact) mass is 472 g/mol. The van der Waals surface area contributed by atoms with E-state index in [0.29, 0.717) is 16.5 Å². The Kier molecular flexibility index (Phi) is 6.87. The number of nitrogens with zero attached hydrogens (tertiary/aromatic N) is 3. The van der Waals surface area contributed by atoms with Crippen LogP contribution in [0.4, 0.5) is 5.69 Å². The lowest BCUT2D eigenvalue weighted by atomic mass is 10.1. The molecule has 3 aromatic rings. The van der Waals surface area contributed by atoms with Gasteiger partial charge in [-0.3, -0.25) is 9.59 Å². The van der Waals surface area contributed by atoms with E-state index in [9.17, 15) is 9.59 Å². The number of aryl methyl sites for hydroxylation is 2. The number of thioether (sulfide) groups is 1. The van der Waals surface area contributed by atoms with Gasteiger partial charge >= 0.3 is 0 Å². The van der Waals surface area contributed by atoms with Crippen molar-refractivity contribution in [2.75, 3.05) is 11.1 Å². The Balaban J connectivity index is 1.59. The first-order valence-corrected chi connectivity index (χ1v) is 10.8. The second kappa shape index (κ2) is 9.37. The van der Waals surface area contributed by atoms with Crippen molar-refractivity contribution >= 4 is 45.1 Å². The minimum atomic E-state index is -0.157. The molecular formula is C21H21BrN4O2S. The Morgan fingerprint density at radius 3 is 2.52 bits per heavy atom. The van der Waals surface area contributed by atoms with Crippen molar-refractivity contribution < 1.29 is 9.59 Å². The zero-order valence-electron chi connectivity index (χ0n) is 16.4. The molecule has 0 spiro atoms. The van der Waals surface area contributed by atoms with Crippen LogP contribution < -0.4 is 5.32 Å². The number of halogens is 1. The van der Waals surface area contributed by atoms with Crippen LogP contribution in [-0.4, -0.2) is 32.2 Å². The number of hydrogen-bond acceptors (Lipinski definition) is 5. The molecule has 2 aromatic carbocycles. The van der Waals surface area contributed by atoms with E-state index in [1.807, 2.05) is 44.2 Å². The van der Waals surface area contributed by atoms with Crippen LogP contribution in [0.1, 0.15) is 27.3 Å². The molecule has 29 heavy (non-hydrogen) atoms. The van der Waals surface area contributed by atoms with Crippen LogP contribution >= 0.6 is 27.7 Å². The molecule has 8 heteroatoms. The Bertz CT molecular complexity index is 1050. The van der Waals surface area contributed by atoms with Gasteiger partial charge in [0.05, 0.1) is 12.2 Å². The molecule has 0 radical (unpaired) electrons. The standard InChI is InChI=1S/C21H21BrN4O2S/c1-13-4-9-17(14(2)10-13)23-20(28)11-19-24-25-21(26(19)3)29-12-18(27)15-5-7-16(22)8-6-15/h4-10H,11-12H2,1-3H3,(H,23,28). The molecule has 6 nitrogen and oxygen atoms in total. The van der Waals surface area contributed by atoms with Gasteiger partial charge in [-0.15, -0.1) is 10.2 Å². The summed E-state index contributed by atoms with van der Waals surface area (Å²) in [6.07, 6.45) is 0.109. The summed E-state index contributed by atoms with van der Waals surface area (Å²) in [5, 5.41) is 11.7. The van der Waals surface area contributed by atoms with Crippen molar-refractivity contribution in [1.82, 2.24) is 14.8 Å². The maximum atomic E-state index is 12.4. The largest absolute Gasteiger partial charge is 0.325 e. The van der Waals surface area contributed by atoms with E-state index in [1.165, 1.54) is 11.8 Å². The summed E-state index contributed by atoms with van der Waals surface area (Å²) >= 11 is 4.67. The van der Waals surface area contributed by atoms with Crippen LogP contribution in [0.5, 0.6) is 0 Å².